The lowest BCUT2D eigenvalue weighted by atomic mass is 10.0. The number of hydrogen-bond acceptors (Lipinski definition) is 4. The van der Waals surface area contributed by atoms with E-state index in [2.05, 4.69) is 10.6 Å². The monoisotopic (exact) mass is 260 g/mol. The van der Waals surface area contributed by atoms with E-state index in [1.54, 1.807) is 13.8 Å². The number of ether oxygens (including phenoxy) is 2. The van der Waals surface area contributed by atoms with Crippen LogP contribution in [0, 0.1) is 0 Å². The van der Waals surface area contributed by atoms with E-state index >= 15 is 0 Å². The molecule has 0 aliphatic carbocycles. The standard InChI is InChI=1S/C11H20N2O5/c1-11(2,5-9(14)15)13-10(16)12-6-8-7-17-3-4-18-8/h8H,3-7H2,1-2H3,(H,14,15)(H2,12,13,16). The average Bonchev–Trinajstić information content (AvgIpc) is 2.25. The fraction of sp³-hybridized carbons (Fsp3) is 0.818. The first-order chi connectivity index (χ1) is 8.39. The molecule has 0 saturated carbocycles. The van der Waals surface area contributed by atoms with Crippen molar-refractivity contribution in [3.63, 3.8) is 0 Å². The zero-order valence-corrected chi connectivity index (χ0v) is 10.7. The fourth-order valence-electron chi connectivity index (χ4n) is 1.63. The Kier molecular flexibility index (Phi) is 5.36. The molecule has 0 aromatic rings. The first-order valence-corrected chi connectivity index (χ1v) is 5.86. The molecule has 0 aromatic carbocycles. The van der Waals surface area contributed by atoms with Gasteiger partial charge in [-0.1, -0.05) is 0 Å². The van der Waals surface area contributed by atoms with E-state index in [-0.39, 0.29) is 12.5 Å². The Morgan fingerprint density at radius 3 is 2.67 bits per heavy atom. The summed E-state index contributed by atoms with van der Waals surface area (Å²) in [4.78, 5) is 22.2. The zero-order valence-electron chi connectivity index (χ0n) is 10.7. The van der Waals surface area contributed by atoms with Gasteiger partial charge in [0.2, 0.25) is 0 Å². The molecule has 7 heteroatoms. The first kappa shape index (κ1) is 14.7. The molecule has 104 valence electrons. The smallest absolute Gasteiger partial charge is 0.315 e. The summed E-state index contributed by atoms with van der Waals surface area (Å²) >= 11 is 0. The van der Waals surface area contributed by atoms with Crippen molar-refractivity contribution in [1.82, 2.24) is 10.6 Å². The number of carboxylic acid groups (broad SMARTS) is 1. The van der Waals surface area contributed by atoms with Crippen LogP contribution in [0.5, 0.6) is 0 Å². The molecule has 0 aromatic heterocycles. The van der Waals surface area contributed by atoms with Crippen LogP contribution < -0.4 is 10.6 Å². The summed E-state index contributed by atoms with van der Waals surface area (Å²) in [6, 6.07) is -0.407. The molecule has 1 heterocycles. The highest BCUT2D eigenvalue weighted by molar-refractivity contribution is 5.76. The van der Waals surface area contributed by atoms with Crippen molar-refractivity contribution in [3.05, 3.63) is 0 Å². The van der Waals surface area contributed by atoms with Crippen molar-refractivity contribution < 1.29 is 24.2 Å². The second-order valence-electron chi connectivity index (χ2n) is 4.86. The number of carbonyl (C=O) groups excluding carboxylic acids is 1. The highest BCUT2D eigenvalue weighted by Gasteiger charge is 2.24. The molecule has 0 radical (unpaired) electrons. The fourth-order valence-corrected chi connectivity index (χ4v) is 1.63. The van der Waals surface area contributed by atoms with E-state index in [9.17, 15) is 9.59 Å². The molecule has 7 nitrogen and oxygen atoms in total. The van der Waals surface area contributed by atoms with Gasteiger partial charge in [0.05, 0.1) is 32.3 Å². The van der Waals surface area contributed by atoms with E-state index < -0.39 is 17.5 Å². The molecular formula is C11H20N2O5. The van der Waals surface area contributed by atoms with Gasteiger partial charge in [0.1, 0.15) is 0 Å². The van der Waals surface area contributed by atoms with E-state index in [1.807, 2.05) is 0 Å². The number of amides is 2. The molecule has 0 bridgehead atoms. The Labute approximate surface area is 106 Å². The lowest BCUT2D eigenvalue weighted by molar-refractivity contribution is -0.138. The summed E-state index contributed by atoms with van der Waals surface area (Å²) in [5.41, 5.74) is -0.792. The van der Waals surface area contributed by atoms with Crippen LogP contribution in [-0.4, -0.2) is 55.1 Å². The van der Waals surface area contributed by atoms with E-state index in [4.69, 9.17) is 14.6 Å². The molecule has 1 rings (SSSR count). The minimum Gasteiger partial charge on any atom is -0.481 e. The lowest BCUT2D eigenvalue weighted by Crippen LogP contribution is -2.51. The van der Waals surface area contributed by atoms with Gasteiger partial charge in [0.25, 0.3) is 0 Å². The highest BCUT2D eigenvalue weighted by Crippen LogP contribution is 2.07. The maximum atomic E-state index is 11.6. The Balaban J connectivity index is 2.25. The third-order valence-electron chi connectivity index (χ3n) is 2.42. The van der Waals surface area contributed by atoms with Crippen molar-refractivity contribution >= 4 is 12.0 Å². The van der Waals surface area contributed by atoms with Gasteiger partial charge >= 0.3 is 12.0 Å². The van der Waals surface area contributed by atoms with Crippen LogP contribution in [0.25, 0.3) is 0 Å². The summed E-state index contributed by atoms with van der Waals surface area (Å²) in [5.74, 6) is -0.954. The first-order valence-electron chi connectivity index (χ1n) is 5.86. The van der Waals surface area contributed by atoms with E-state index in [1.165, 1.54) is 0 Å². The Morgan fingerprint density at radius 1 is 1.39 bits per heavy atom. The maximum Gasteiger partial charge on any atom is 0.315 e. The topological polar surface area (TPSA) is 96.9 Å². The number of carbonyl (C=O) groups is 2. The zero-order chi connectivity index (χ0) is 13.6. The Hall–Kier alpha value is -1.34. The van der Waals surface area contributed by atoms with Crippen molar-refractivity contribution in [1.29, 1.82) is 0 Å². The molecule has 1 unspecified atom stereocenters. The summed E-state index contributed by atoms with van der Waals surface area (Å²) in [6.07, 6.45) is -0.282. The largest absolute Gasteiger partial charge is 0.481 e. The molecular weight excluding hydrogens is 240 g/mol. The molecule has 1 aliphatic heterocycles. The molecule has 0 spiro atoms. The molecule has 3 N–H and O–H groups in total. The number of urea groups is 1. The van der Waals surface area contributed by atoms with Crippen molar-refractivity contribution in [2.75, 3.05) is 26.4 Å². The predicted molar refractivity (Wildman–Crippen MR) is 63.4 cm³/mol. The van der Waals surface area contributed by atoms with Crippen LogP contribution >= 0.6 is 0 Å². The van der Waals surface area contributed by atoms with Gasteiger partial charge in [0, 0.05) is 12.1 Å². The maximum absolute atomic E-state index is 11.6. The molecule has 2 amide bonds. The van der Waals surface area contributed by atoms with Gasteiger partial charge in [-0.25, -0.2) is 4.79 Å². The van der Waals surface area contributed by atoms with Gasteiger partial charge in [-0.15, -0.1) is 0 Å². The van der Waals surface area contributed by atoms with Crippen LogP contribution in [0.4, 0.5) is 4.79 Å². The predicted octanol–water partition coefficient (Wildman–Crippen LogP) is -0.0457. The van der Waals surface area contributed by atoms with Crippen molar-refractivity contribution in [2.24, 2.45) is 0 Å². The van der Waals surface area contributed by atoms with Crippen molar-refractivity contribution in [3.8, 4) is 0 Å². The molecule has 1 fully saturated rings. The second-order valence-corrected chi connectivity index (χ2v) is 4.86. The average molecular weight is 260 g/mol. The van der Waals surface area contributed by atoms with Crippen LogP contribution in [0.1, 0.15) is 20.3 Å². The van der Waals surface area contributed by atoms with Crippen LogP contribution in [-0.2, 0) is 14.3 Å². The number of hydrogen-bond donors (Lipinski definition) is 3. The quantitative estimate of drug-likeness (QED) is 0.644. The van der Waals surface area contributed by atoms with Gasteiger partial charge in [-0.3, -0.25) is 4.79 Å². The number of aliphatic carboxylic acids is 1. The van der Waals surface area contributed by atoms with Gasteiger partial charge in [-0.05, 0) is 13.8 Å². The number of rotatable bonds is 5. The minimum absolute atomic E-state index is 0.135. The van der Waals surface area contributed by atoms with Gasteiger partial charge in [0.15, 0.2) is 0 Å². The number of nitrogens with one attached hydrogen (secondary N) is 2. The Morgan fingerprint density at radius 2 is 2.11 bits per heavy atom. The molecule has 1 atom stereocenters. The lowest BCUT2D eigenvalue weighted by Gasteiger charge is -2.26. The molecule has 1 aliphatic rings. The third kappa shape index (κ3) is 5.83. The normalized spacial score (nSPS) is 20.2. The minimum atomic E-state index is -0.954. The summed E-state index contributed by atoms with van der Waals surface area (Å²) in [7, 11) is 0. The molecule has 1 saturated heterocycles. The summed E-state index contributed by atoms with van der Waals surface area (Å²) < 4.78 is 10.6. The Bertz CT molecular complexity index is 300. The molecule has 18 heavy (non-hydrogen) atoms. The highest BCUT2D eigenvalue weighted by atomic mass is 16.6. The van der Waals surface area contributed by atoms with Gasteiger partial charge < -0.3 is 25.2 Å². The third-order valence-corrected chi connectivity index (χ3v) is 2.42. The summed E-state index contributed by atoms with van der Waals surface area (Å²) in [5, 5.41) is 13.9. The SMILES string of the molecule is CC(C)(CC(=O)O)NC(=O)NCC1COCCO1. The second kappa shape index (κ2) is 6.55. The van der Waals surface area contributed by atoms with E-state index in [0.29, 0.717) is 26.4 Å². The van der Waals surface area contributed by atoms with Gasteiger partial charge in [-0.2, -0.15) is 0 Å². The number of carboxylic acids is 1. The van der Waals surface area contributed by atoms with Crippen molar-refractivity contribution in [2.45, 2.75) is 31.9 Å². The van der Waals surface area contributed by atoms with Crippen LogP contribution in [0.15, 0.2) is 0 Å². The summed E-state index contributed by atoms with van der Waals surface area (Å²) in [6.45, 7) is 5.21. The van der Waals surface area contributed by atoms with Crippen LogP contribution in [0.2, 0.25) is 0 Å². The van der Waals surface area contributed by atoms with E-state index in [0.717, 1.165) is 0 Å². The van der Waals surface area contributed by atoms with Crippen LogP contribution in [0.3, 0.4) is 0 Å².